The second-order valence-electron chi connectivity index (χ2n) is 9.90. The van der Waals surface area contributed by atoms with Crippen LogP contribution in [0.5, 0.6) is 5.88 Å². The summed E-state index contributed by atoms with van der Waals surface area (Å²) in [5.74, 6) is -2.57. The van der Waals surface area contributed by atoms with Crippen LogP contribution in [0.4, 0.5) is 19.7 Å². The molecule has 2 aromatic heterocycles. The maximum atomic E-state index is 14.1. The Hall–Kier alpha value is -3.20. The van der Waals surface area contributed by atoms with Gasteiger partial charge in [0.05, 0.1) is 11.8 Å². The van der Waals surface area contributed by atoms with Crippen LogP contribution in [0.15, 0.2) is 41.4 Å². The molecule has 2 fully saturated rings. The Morgan fingerprint density at radius 3 is 2.50 bits per heavy atom. The van der Waals surface area contributed by atoms with Gasteiger partial charge in [-0.05, 0) is 57.5 Å². The van der Waals surface area contributed by atoms with Gasteiger partial charge in [-0.1, -0.05) is 17.4 Å². The number of rotatable bonds is 9. The molecule has 1 atom stereocenters. The van der Waals surface area contributed by atoms with Crippen molar-refractivity contribution in [2.75, 3.05) is 44.3 Å². The number of piperidine rings is 1. The van der Waals surface area contributed by atoms with Crippen LogP contribution in [0.2, 0.25) is 0 Å². The lowest BCUT2D eigenvalue weighted by molar-refractivity contribution is 0.103. The average molecular weight is 593 g/mol. The summed E-state index contributed by atoms with van der Waals surface area (Å²) in [7, 11) is -1.68. The molecule has 14 heteroatoms. The molecule has 2 aliphatic heterocycles. The van der Waals surface area contributed by atoms with Gasteiger partial charge in [-0.2, -0.15) is 4.31 Å². The Labute approximate surface area is 235 Å². The van der Waals surface area contributed by atoms with Crippen LogP contribution < -0.4 is 15.8 Å². The number of halogens is 2. The fourth-order valence-corrected chi connectivity index (χ4v) is 7.25. The van der Waals surface area contributed by atoms with Crippen LogP contribution in [-0.2, 0) is 10.0 Å². The highest BCUT2D eigenvalue weighted by molar-refractivity contribution is 7.89. The molecule has 0 spiro atoms. The number of thiazole rings is 1. The Morgan fingerprint density at radius 1 is 1.15 bits per heavy atom. The lowest BCUT2D eigenvalue weighted by Crippen LogP contribution is -2.42. The molecule has 40 heavy (non-hydrogen) atoms. The number of carbonyl (C=O) groups is 1. The van der Waals surface area contributed by atoms with Gasteiger partial charge in [0.25, 0.3) is 0 Å². The largest absolute Gasteiger partial charge is 0.476 e. The zero-order valence-corrected chi connectivity index (χ0v) is 23.5. The van der Waals surface area contributed by atoms with Gasteiger partial charge in [-0.15, -0.1) is 0 Å². The summed E-state index contributed by atoms with van der Waals surface area (Å²) >= 11 is 0.905. The Kier molecular flexibility index (Phi) is 8.31. The Bertz CT molecular complexity index is 1460. The first-order valence-corrected chi connectivity index (χ1v) is 15.2. The van der Waals surface area contributed by atoms with Crippen molar-refractivity contribution >= 4 is 38.1 Å². The van der Waals surface area contributed by atoms with E-state index in [4.69, 9.17) is 10.5 Å². The van der Waals surface area contributed by atoms with E-state index in [-0.39, 0.29) is 34.7 Å². The number of anilines is 2. The number of nitrogens with two attached hydrogens (primary N) is 1. The standard InChI is InChI=1S/C26H30F2N6O4S2/c1-33-11-3-4-17(33)15-38-21-8-7-18(14-30-21)40(36,37)34-12-9-16(10-13-34)31-26-32-25(29)24(39-26)23(35)22-19(27)5-2-6-20(22)28/h2,5-8,14,16-17H,3-4,9-13,15,29H2,1H3,(H,31,32). The minimum absolute atomic E-state index is 0.0679. The van der Waals surface area contributed by atoms with E-state index in [1.807, 2.05) is 0 Å². The molecule has 2 saturated heterocycles. The van der Waals surface area contributed by atoms with Crippen molar-refractivity contribution in [3.8, 4) is 5.88 Å². The molecule has 10 nitrogen and oxygen atoms in total. The van der Waals surface area contributed by atoms with Gasteiger partial charge in [0, 0.05) is 31.2 Å². The number of likely N-dealkylation sites (N-methyl/N-ethyl adjacent to an activating group) is 1. The normalized spacial score (nSPS) is 19.1. The van der Waals surface area contributed by atoms with Crippen molar-refractivity contribution < 1.29 is 26.7 Å². The van der Waals surface area contributed by atoms with Gasteiger partial charge in [-0.3, -0.25) is 4.79 Å². The fraction of sp³-hybridized carbons (Fsp3) is 0.423. The van der Waals surface area contributed by atoms with Crippen LogP contribution in [0, 0.1) is 11.6 Å². The molecule has 4 heterocycles. The zero-order valence-electron chi connectivity index (χ0n) is 21.8. The predicted octanol–water partition coefficient (Wildman–Crippen LogP) is 3.37. The molecule has 3 aromatic rings. The Balaban J connectivity index is 1.16. The lowest BCUT2D eigenvalue weighted by Gasteiger charge is -2.31. The van der Waals surface area contributed by atoms with Crippen molar-refractivity contribution in [2.24, 2.45) is 0 Å². The van der Waals surface area contributed by atoms with Crippen molar-refractivity contribution in [3.63, 3.8) is 0 Å². The van der Waals surface area contributed by atoms with Gasteiger partial charge in [0.2, 0.25) is 21.7 Å². The van der Waals surface area contributed by atoms with Gasteiger partial charge in [-0.25, -0.2) is 27.2 Å². The van der Waals surface area contributed by atoms with Crippen molar-refractivity contribution in [2.45, 2.75) is 42.7 Å². The molecular weight excluding hydrogens is 562 g/mol. The second-order valence-corrected chi connectivity index (χ2v) is 12.8. The highest BCUT2D eigenvalue weighted by Gasteiger charge is 2.31. The molecule has 1 unspecified atom stereocenters. The molecule has 3 N–H and O–H groups in total. The molecule has 2 aliphatic rings. The Morgan fingerprint density at radius 2 is 1.88 bits per heavy atom. The van der Waals surface area contributed by atoms with E-state index in [0.29, 0.717) is 36.5 Å². The SMILES string of the molecule is CN1CCCC1COc1ccc(S(=O)(=O)N2CCC(Nc3nc(N)c(C(=O)c4c(F)cccc4F)s3)CC2)cn1. The third kappa shape index (κ3) is 5.94. The summed E-state index contributed by atoms with van der Waals surface area (Å²) in [4.78, 5) is 23.3. The molecule has 0 bridgehead atoms. The number of pyridine rings is 1. The maximum Gasteiger partial charge on any atom is 0.244 e. The van der Waals surface area contributed by atoms with Gasteiger partial charge in [0.15, 0.2) is 5.13 Å². The number of nitrogens with one attached hydrogen (secondary N) is 1. The zero-order chi connectivity index (χ0) is 28.4. The van der Waals surface area contributed by atoms with Crippen molar-refractivity contribution in [3.05, 3.63) is 58.6 Å². The first-order chi connectivity index (χ1) is 19.1. The predicted molar refractivity (Wildman–Crippen MR) is 147 cm³/mol. The molecule has 5 rings (SSSR count). The second kappa shape index (κ2) is 11.7. The van der Waals surface area contributed by atoms with Crippen LogP contribution in [-0.4, -0.2) is 78.7 Å². The summed E-state index contributed by atoms with van der Waals surface area (Å²) < 4.78 is 61.7. The number of sulfonamides is 1. The molecule has 0 saturated carbocycles. The summed E-state index contributed by atoms with van der Waals surface area (Å²) in [6.07, 6.45) is 4.48. The molecular formula is C26H30F2N6O4S2. The summed E-state index contributed by atoms with van der Waals surface area (Å²) in [5, 5.41) is 3.49. The van der Waals surface area contributed by atoms with Gasteiger partial charge in [0.1, 0.15) is 33.8 Å². The number of nitrogen functional groups attached to an aromatic ring is 1. The average Bonchev–Trinajstić information content (AvgIpc) is 3.52. The van der Waals surface area contributed by atoms with E-state index in [1.54, 1.807) is 6.07 Å². The maximum absolute atomic E-state index is 14.1. The molecule has 0 aliphatic carbocycles. The van der Waals surface area contributed by atoms with Crippen LogP contribution in [0.25, 0.3) is 0 Å². The minimum Gasteiger partial charge on any atom is -0.476 e. The highest BCUT2D eigenvalue weighted by Crippen LogP contribution is 2.31. The van der Waals surface area contributed by atoms with E-state index in [9.17, 15) is 22.0 Å². The number of aromatic nitrogens is 2. The molecule has 0 amide bonds. The quantitative estimate of drug-likeness (QED) is 0.359. The summed E-state index contributed by atoms with van der Waals surface area (Å²) in [6.45, 7) is 2.08. The third-order valence-corrected chi connectivity index (χ3v) is 10.2. The number of hydrogen-bond donors (Lipinski definition) is 2. The van der Waals surface area contributed by atoms with Crippen LogP contribution >= 0.6 is 11.3 Å². The van der Waals surface area contributed by atoms with Crippen LogP contribution in [0.3, 0.4) is 0 Å². The number of ketones is 1. The highest BCUT2D eigenvalue weighted by atomic mass is 32.2. The van der Waals surface area contributed by atoms with Gasteiger partial charge < -0.3 is 20.7 Å². The van der Waals surface area contributed by atoms with Gasteiger partial charge >= 0.3 is 0 Å². The van der Waals surface area contributed by atoms with Crippen LogP contribution in [0.1, 0.15) is 40.9 Å². The first-order valence-electron chi connectivity index (χ1n) is 12.9. The lowest BCUT2D eigenvalue weighted by atomic mass is 10.1. The monoisotopic (exact) mass is 592 g/mol. The topological polar surface area (TPSA) is 131 Å². The molecule has 214 valence electrons. The fourth-order valence-electron chi connectivity index (χ4n) is 4.92. The van der Waals surface area contributed by atoms with E-state index < -0.39 is 33.0 Å². The molecule has 1 aromatic carbocycles. The number of hydrogen-bond acceptors (Lipinski definition) is 10. The number of ether oxygens (including phenoxy) is 1. The molecule has 0 radical (unpaired) electrons. The number of nitrogens with zero attached hydrogens (tertiary/aromatic N) is 4. The summed E-state index contributed by atoms with van der Waals surface area (Å²) in [5.41, 5.74) is 5.20. The van der Waals surface area contributed by atoms with Crippen molar-refractivity contribution in [1.29, 1.82) is 0 Å². The van der Waals surface area contributed by atoms with E-state index in [0.717, 1.165) is 42.9 Å². The number of likely N-dealkylation sites (tertiary alicyclic amines) is 1. The van der Waals surface area contributed by atoms with Crippen molar-refractivity contribution in [1.82, 2.24) is 19.2 Å². The summed E-state index contributed by atoms with van der Waals surface area (Å²) in [6, 6.07) is 6.47. The number of carbonyl (C=O) groups excluding carboxylic acids is 1. The smallest absolute Gasteiger partial charge is 0.244 e. The minimum atomic E-state index is -3.74. The van der Waals surface area contributed by atoms with E-state index >= 15 is 0 Å². The van der Waals surface area contributed by atoms with E-state index in [2.05, 4.69) is 27.2 Å². The third-order valence-electron chi connectivity index (χ3n) is 7.27. The van der Waals surface area contributed by atoms with E-state index in [1.165, 1.54) is 22.6 Å². The first kappa shape index (κ1) is 28.3. The number of benzene rings is 1.